The van der Waals surface area contributed by atoms with Gasteiger partial charge in [-0.1, -0.05) is 24.6 Å². The summed E-state index contributed by atoms with van der Waals surface area (Å²) in [5.41, 5.74) is 0.577. The molecule has 0 radical (unpaired) electrons. The topological polar surface area (TPSA) is 66.8 Å². The number of nitrogens with zero attached hydrogens (tertiary/aromatic N) is 1. The maximum atomic E-state index is 12.2. The van der Waals surface area contributed by atoms with E-state index in [2.05, 4.69) is 0 Å². The summed E-state index contributed by atoms with van der Waals surface area (Å²) >= 11 is 6.26. The van der Waals surface area contributed by atoms with Crippen molar-refractivity contribution in [3.63, 3.8) is 0 Å². The van der Waals surface area contributed by atoms with Gasteiger partial charge < -0.3 is 14.7 Å². The first-order chi connectivity index (χ1) is 10.0. The third-order valence-corrected chi connectivity index (χ3v) is 4.07. The van der Waals surface area contributed by atoms with E-state index in [1.54, 1.807) is 23.1 Å². The second-order valence-corrected chi connectivity index (χ2v) is 5.44. The second kappa shape index (κ2) is 6.35. The van der Waals surface area contributed by atoms with E-state index in [4.69, 9.17) is 16.3 Å². The molecule has 0 aliphatic carbocycles. The molecule has 1 fully saturated rings. The standard InChI is InChI=1S/C15H18ClNO4/c1-3-7-17-12(18)8-9(15(19)20)14(17)13-10(16)5-4-6-11(13)21-2/h4-6,9,14H,3,7-8H2,1-2H3,(H,19,20). The Balaban J connectivity index is 2.55. The number of likely N-dealkylation sites (tertiary alicyclic amines) is 1. The molecule has 114 valence electrons. The molecular weight excluding hydrogens is 294 g/mol. The van der Waals surface area contributed by atoms with Crippen molar-refractivity contribution < 1.29 is 19.4 Å². The lowest BCUT2D eigenvalue weighted by Gasteiger charge is -2.28. The van der Waals surface area contributed by atoms with Crippen LogP contribution < -0.4 is 4.74 Å². The van der Waals surface area contributed by atoms with Crippen LogP contribution in [0.3, 0.4) is 0 Å². The van der Waals surface area contributed by atoms with Crippen molar-refractivity contribution in [2.24, 2.45) is 5.92 Å². The normalized spacial score (nSPS) is 21.7. The molecule has 1 aromatic rings. The van der Waals surface area contributed by atoms with Gasteiger partial charge in [-0.2, -0.15) is 0 Å². The molecule has 6 heteroatoms. The number of rotatable bonds is 5. The monoisotopic (exact) mass is 311 g/mol. The van der Waals surface area contributed by atoms with Gasteiger partial charge in [-0.25, -0.2) is 0 Å². The predicted octanol–water partition coefficient (Wildman–Crippen LogP) is 2.73. The Bertz CT molecular complexity index is 561. The number of methoxy groups -OCH3 is 1. The number of halogens is 1. The molecule has 1 N–H and O–H groups in total. The quantitative estimate of drug-likeness (QED) is 0.908. The van der Waals surface area contributed by atoms with Crippen molar-refractivity contribution >= 4 is 23.5 Å². The van der Waals surface area contributed by atoms with Crippen molar-refractivity contribution in [2.75, 3.05) is 13.7 Å². The van der Waals surface area contributed by atoms with Crippen LogP contribution in [0, 0.1) is 5.92 Å². The minimum absolute atomic E-state index is 0.00558. The van der Waals surface area contributed by atoms with E-state index in [1.165, 1.54) is 7.11 Å². The van der Waals surface area contributed by atoms with Gasteiger partial charge in [-0.05, 0) is 18.6 Å². The molecule has 1 aromatic carbocycles. The molecule has 5 nitrogen and oxygen atoms in total. The fourth-order valence-corrected chi connectivity index (χ4v) is 3.13. The Morgan fingerprint density at radius 2 is 2.24 bits per heavy atom. The Kier molecular flexibility index (Phi) is 4.73. The highest BCUT2D eigenvalue weighted by Crippen LogP contribution is 2.44. The van der Waals surface area contributed by atoms with Gasteiger partial charge in [0, 0.05) is 23.6 Å². The molecule has 1 saturated heterocycles. The van der Waals surface area contributed by atoms with Crippen molar-refractivity contribution in [1.29, 1.82) is 0 Å². The van der Waals surface area contributed by atoms with Crippen LogP contribution >= 0.6 is 11.6 Å². The number of carboxylic acid groups (broad SMARTS) is 1. The van der Waals surface area contributed by atoms with Crippen LogP contribution in [0.25, 0.3) is 0 Å². The molecule has 1 aliphatic heterocycles. The highest BCUT2D eigenvalue weighted by Gasteiger charge is 2.46. The molecule has 2 atom stereocenters. The highest BCUT2D eigenvalue weighted by atomic mass is 35.5. The van der Waals surface area contributed by atoms with E-state index in [0.29, 0.717) is 22.9 Å². The molecule has 1 heterocycles. The lowest BCUT2D eigenvalue weighted by Crippen LogP contribution is -2.31. The van der Waals surface area contributed by atoms with Gasteiger partial charge in [0.2, 0.25) is 5.91 Å². The van der Waals surface area contributed by atoms with Gasteiger partial charge in [0.05, 0.1) is 19.1 Å². The number of amides is 1. The van der Waals surface area contributed by atoms with Crippen molar-refractivity contribution in [3.05, 3.63) is 28.8 Å². The number of carboxylic acids is 1. The number of carbonyl (C=O) groups excluding carboxylic acids is 1. The van der Waals surface area contributed by atoms with Crippen LogP contribution in [-0.4, -0.2) is 35.5 Å². The average Bonchev–Trinajstić information content (AvgIpc) is 2.76. The van der Waals surface area contributed by atoms with Gasteiger partial charge in [0.1, 0.15) is 5.75 Å². The first-order valence-electron chi connectivity index (χ1n) is 6.85. The van der Waals surface area contributed by atoms with Crippen molar-refractivity contribution in [1.82, 2.24) is 4.90 Å². The van der Waals surface area contributed by atoms with Crippen LogP contribution in [0.2, 0.25) is 5.02 Å². The molecule has 21 heavy (non-hydrogen) atoms. The molecular formula is C15H18ClNO4. The molecule has 1 aliphatic rings. The number of hydrogen-bond donors (Lipinski definition) is 1. The Labute approximate surface area is 128 Å². The third kappa shape index (κ3) is 2.83. The third-order valence-electron chi connectivity index (χ3n) is 3.74. The maximum Gasteiger partial charge on any atom is 0.309 e. The molecule has 0 saturated carbocycles. The largest absolute Gasteiger partial charge is 0.496 e. The summed E-state index contributed by atoms with van der Waals surface area (Å²) in [5.74, 6) is -1.45. The molecule has 0 spiro atoms. The predicted molar refractivity (Wildman–Crippen MR) is 78.5 cm³/mol. The van der Waals surface area contributed by atoms with Crippen LogP contribution in [0.15, 0.2) is 18.2 Å². The average molecular weight is 312 g/mol. The van der Waals surface area contributed by atoms with Crippen molar-refractivity contribution in [2.45, 2.75) is 25.8 Å². The Hall–Kier alpha value is -1.75. The fraction of sp³-hybridized carbons (Fsp3) is 0.467. The van der Waals surface area contributed by atoms with E-state index >= 15 is 0 Å². The SMILES string of the molecule is CCCN1C(=O)CC(C(=O)O)C1c1c(Cl)cccc1OC. The number of aliphatic carboxylic acids is 1. The Morgan fingerprint density at radius 1 is 1.52 bits per heavy atom. The van der Waals surface area contributed by atoms with Crippen LogP contribution in [0.1, 0.15) is 31.4 Å². The van der Waals surface area contributed by atoms with Crippen molar-refractivity contribution in [3.8, 4) is 5.75 Å². The van der Waals surface area contributed by atoms with Crippen LogP contribution in [0.4, 0.5) is 0 Å². The lowest BCUT2D eigenvalue weighted by atomic mass is 9.93. The maximum absolute atomic E-state index is 12.2. The van der Waals surface area contributed by atoms with Gasteiger partial charge >= 0.3 is 5.97 Å². The van der Waals surface area contributed by atoms with E-state index in [9.17, 15) is 14.7 Å². The second-order valence-electron chi connectivity index (χ2n) is 5.04. The van der Waals surface area contributed by atoms with Gasteiger partial charge in [-0.3, -0.25) is 9.59 Å². The number of benzene rings is 1. The highest BCUT2D eigenvalue weighted by molar-refractivity contribution is 6.31. The molecule has 2 rings (SSSR count). The van der Waals surface area contributed by atoms with E-state index in [1.807, 2.05) is 6.92 Å². The minimum atomic E-state index is -0.992. The lowest BCUT2D eigenvalue weighted by molar-refractivity contribution is -0.142. The van der Waals surface area contributed by atoms with E-state index in [0.717, 1.165) is 6.42 Å². The van der Waals surface area contributed by atoms with Crippen LogP contribution in [-0.2, 0) is 9.59 Å². The van der Waals surface area contributed by atoms with E-state index < -0.39 is 17.9 Å². The Morgan fingerprint density at radius 3 is 2.81 bits per heavy atom. The zero-order valence-electron chi connectivity index (χ0n) is 12.0. The zero-order valence-corrected chi connectivity index (χ0v) is 12.8. The fourth-order valence-electron chi connectivity index (χ4n) is 2.86. The van der Waals surface area contributed by atoms with E-state index in [-0.39, 0.29) is 12.3 Å². The summed E-state index contributed by atoms with van der Waals surface area (Å²) in [7, 11) is 1.51. The summed E-state index contributed by atoms with van der Waals surface area (Å²) in [6, 6.07) is 4.57. The summed E-state index contributed by atoms with van der Waals surface area (Å²) in [6.07, 6.45) is 0.746. The zero-order chi connectivity index (χ0) is 15.6. The number of hydrogen-bond acceptors (Lipinski definition) is 3. The molecule has 1 amide bonds. The van der Waals surface area contributed by atoms with Gasteiger partial charge in [0.15, 0.2) is 0 Å². The molecule has 0 aromatic heterocycles. The summed E-state index contributed by atoms with van der Waals surface area (Å²) < 4.78 is 5.31. The first-order valence-corrected chi connectivity index (χ1v) is 7.23. The smallest absolute Gasteiger partial charge is 0.309 e. The minimum Gasteiger partial charge on any atom is -0.496 e. The van der Waals surface area contributed by atoms with Crippen LogP contribution in [0.5, 0.6) is 5.75 Å². The van der Waals surface area contributed by atoms with Gasteiger partial charge in [0.25, 0.3) is 0 Å². The summed E-state index contributed by atoms with van der Waals surface area (Å²) in [5, 5.41) is 9.86. The summed E-state index contributed by atoms with van der Waals surface area (Å²) in [4.78, 5) is 25.3. The summed E-state index contributed by atoms with van der Waals surface area (Å²) in [6.45, 7) is 2.45. The van der Waals surface area contributed by atoms with Gasteiger partial charge in [-0.15, -0.1) is 0 Å². The number of carbonyl (C=O) groups is 2. The molecule has 2 unspecified atom stereocenters. The first kappa shape index (κ1) is 15.6. The number of ether oxygens (including phenoxy) is 1. The molecule has 0 bridgehead atoms.